The van der Waals surface area contributed by atoms with Gasteiger partial charge in [0.05, 0.1) is 0 Å². The van der Waals surface area contributed by atoms with Crippen LogP contribution in [0.15, 0.2) is 18.2 Å². The Kier molecular flexibility index (Phi) is 4.66. The van der Waals surface area contributed by atoms with Gasteiger partial charge < -0.3 is 0 Å². The summed E-state index contributed by atoms with van der Waals surface area (Å²) in [5.74, 6) is 7.26. The van der Waals surface area contributed by atoms with Gasteiger partial charge in [0.2, 0.25) is 0 Å². The number of halogens is 1. The second kappa shape index (κ2) is 6.05. The third-order valence-electron chi connectivity index (χ3n) is 4.27. The molecule has 100 valence electrons. The maximum Gasteiger partial charge on any atom is 0.0488 e. The number of benzene rings is 1. The summed E-state index contributed by atoms with van der Waals surface area (Å²) in [5.41, 5.74) is 5.33. The van der Waals surface area contributed by atoms with Gasteiger partial charge in [-0.2, -0.15) is 0 Å². The predicted molar refractivity (Wildman–Crippen MR) is 77.4 cm³/mol. The number of nitrogens with two attached hydrogens (primary N) is 1. The number of hydrogen-bond acceptors (Lipinski definition) is 2. The molecule has 1 aliphatic rings. The minimum atomic E-state index is 0.232. The van der Waals surface area contributed by atoms with E-state index in [0.717, 1.165) is 16.5 Å². The van der Waals surface area contributed by atoms with E-state index >= 15 is 0 Å². The third kappa shape index (κ3) is 3.05. The first kappa shape index (κ1) is 13.9. The molecule has 0 heterocycles. The highest BCUT2D eigenvalue weighted by Crippen LogP contribution is 2.37. The Hall–Kier alpha value is -0.570. The number of aryl methyl sites for hydroxylation is 1. The Balaban J connectivity index is 2.14. The lowest BCUT2D eigenvalue weighted by Gasteiger charge is -2.32. The lowest BCUT2D eigenvalue weighted by atomic mass is 9.77. The van der Waals surface area contributed by atoms with Gasteiger partial charge in [0.15, 0.2) is 0 Å². The fourth-order valence-electron chi connectivity index (χ4n) is 2.93. The Bertz CT molecular complexity index is 397. The summed E-state index contributed by atoms with van der Waals surface area (Å²) in [5, 5.41) is 0.830. The molecule has 3 heteroatoms. The normalized spacial score (nSPS) is 26.0. The average molecular weight is 267 g/mol. The van der Waals surface area contributed by atoms with Crippen molar-refractivity contribution in [1.82, 2.24) is 5.43 Å². The van der Waals surface area contributed by atoms with Crippen LogP contribution < -0.4 is 11.3 Å². The van der Waals surface area contributed by atoms with Gasteiger partial charge >= 0.3 is 0 Å². The number of rotatable bonds is 3. The van der Waals surface area contributed by atoms with Gasteiger partial charge in [0.25, 0.3) is 0 Å². The monoisotopic (exact) mass is 266 g/mol. The van der Waals surface area contributed by atoms with E-state index in [1.807, 2.05) is 6.92 Å². The van der Waals surface area contributed by atoms with Gasteiger partial charge in [-0.3, -0.25) is 11.3 Å². The van der Waals surface area contributed by atoms with Crippen LogP contribution in [0.25, 0.3) is 0 Å². The molecule has 0 spiro atoms. The van der Waals surface area contributed by atoms with Gasteiger partial charge in [-0.05, 0) is 48.8 Å². The van der Waals surface area contributed by atoms with Crippen LogP contribution in [0.4, 0.5) is 0 Å². The van der Waals surface area contributed by atoms with Crippen LogP contribution in [0.5, 0.6) is 0 Å². The van der Waals surface area contributed by atoms with Crippen molar-refractivity contribution in [2.24, 2.45) is 17.7 Å². The molecule has 1 atom stereocenters. The molecule has 1 saturated carbocycles. The lowest BCUT2D eigenvalue weighted by Crippen LogP contribution is -2.35. The van der Waals surface area contributed by atoms with E-state index in [1.54, 1.807) is 0 Å². The van der Waals surface area contributed by atoms with Crippen LogP contribution in [-0.2, 0) is 0 Å². The Labute approximate surface area is 115 Å². The standard InChI is InChI=1S/C15H23ClN2/c1-10-3-6-12(7-4-10)15(18-17)13-8-5-11(2)14(16)9-13/h5,8-10,12,15,18H,3-4,6-7,17H2,1-2H3. The fourth-order valence-corrected chi connectivity index (χ4v) is 3.12. The summed E-state index contributed by atoms with van der Waals surface area (Å²) in [6.07, 6.45) is 5.12. The third-order valence-corrected chi connectivity index (χ3v) is 4.67. The van der Waals surface area contributed by atoms with Crippen molar-refractivity contribution in [2.45, 2.75) is 45.6 Å². The molecule has 1 aromatic rings. The average Bonchev–Trinajstić information content (AvgIpc) is 2.37. The van der Waals surface area contributed by atoms with Gasteiger partial charge in [-0.1, -0.05) is 43.5 Å². The molecule has 2 nitrogen and oxygen atoms in total. The predicted octanol–water partition coefficient (Wildman–Crippen LogP) is 3.98. The van der Waals surface area contributed by atoms with Crippen molar-refractivity contribution in [3.05, 3.63) is 34.3 Å². The van der Waals surface area contributed by atoms with E-state index in [-0.39, 0.29) is 6.04 Å². The molecule has 1 aromatic carbocycles. The van der Waals surface area contributed by atoms with E-state index in [4.69, 9.17) is 17.4 Å². The van der Waals surface area contributed by atoms with Crippen molar-refractivity contribution in [1.29, 1.82) is 0 Å². The molecule has 0 aromatic heterocycles. The fraction of sp³-hybridized carbons (Fsp3) is 0.600. The zero-order valence-electron chi connectivity index (χ0n) is 11.2. The smallest absolute Gasteiger partial charge is 0.0488 e. The van der Waals surface area contributed by atoms with Crippen molar-refractivity contribution >= 4 is 11.6 Å². The summed E-state index contributed by atoms with van der Waals surface area (Å²) in [4.78, 5) is 0. The van der Waals surface area contributed by atoms with Crippen LogP contribution in [-0.4, -0.2) is 0 Å². The molecule has 0 bridgehead atoms. The number of nitrogens with one attached hydrogen (secondary N) is 1. The second-order valence-electron chi connectivity index (χ2n) is 5.67. The van der Waals surface area contributed by atoms with Crippen molar-refractivity contribution in [3.63, 3.8) is 0 Å². The first-order valence-corrected chi connectivity index (χ1v) is 7.21. The van der Waals surface area contributed by atoms with Crippen LogP contribution in [0, 0.1) is 18.8 Å². The van der Waals surface area contributed by atoms with Crippen LogP contribution in [0.1, 0.15) is 49.8 Å². The second-order valence-corrected chi connectivity index (χ2v) is 6.08. The molecular formula is C15H23ClN2. The minimum Gasteiger partial charge on any atom is -0.271 e. The van der Waals surface area contributed by atoms with E-state index in [0.29, 0.717) is 5.92 Å². The maximum absolute atomic E-state index is 6.21. The topological polar surface area (TPSA) is 38.0 Å². The summed E-state index contributed by atoms with van der Waals surface area (Å²) in [7, 11) is 0. The van der Waals surface area contributed by atoms with Crippen molar-refractivity contribution < 1.29 is 0 Å². The van der Waals surface area contributed by atoms with E-state index in [9.17, 15) is 0 Å². The SMILES string of the molecule is Cc1ccc(C(NN)C2CCC(C)CC2)cc1Cl. The minimum absolute atomic E-state index is 0.232. The molecular weight excluding hydrogens is 244 g/mol. The quantitative estimate of drug-likeness (QED) is 0.642. The molecule has 0 amide bonds. The molecule has 0 aliphatic heterocycles. The molecule has 1 aliphatic carbocycles. The highest BCUT2D eigenvalue weighted by Gasteiger charge is 2.26. The Morgan fingerprint density at radius 3 is 2.50 bits per heavy atom. The summed E-state index contributed by atoms with van der Waals surface area (Å²) in [6.45, 7) is 4.36. The molecule has 0 radical (unpaired) electrons. The highest BCUT2D eigenvalue weighted by molar-refractivity contribution is 6.31. The van der Waals surface area contributed by atoms with E-state index < -0.39 is 0 Å². The molecule has 1 fully saturated rings. The van der Waals surface area contributed by atoms with E-state index in [2.05, 4.69) is 30.5 Å². The Morgan fingerprint density at radius 2 is 1.94 bits per heavy atom. The largest absolute Gasteiger partial charge is 0.271 e. The van der Waals surface area contributed by atoms with Crippen molar-refractivity contribution in [3.8, 4) is 0 Å². The van der Waals surface area contributed by atoms with Gasteiger partial charge in [0.1, 0.15) is 0 Å². The zero-order chi connectivity index (χ0) is 13.1. The molecule has 1 unspecified atom stereocenters. The summed E-state index contributed by atoms with van der Waals surface area (Å²) >= 11 is 6.21. The van der Waals surface area contributed by atoms with Crippen LogP contribution in [0.2, 0.25) is 5.02 Å². The highest BCUT2D eigenvalue weighted by atomic mass is 35.5. The molecule has 2 rings (SSSR count). The van der Waals surface area contributed by atoms with E-state index in [1.165, 1.54) is 31.2 Å². The number of hydrogen-bond donors (Lipinski definition) is 2. The van der Waals surface area contributed by atoms with Gasteiger partial charge in [-0.15, -0.1) is 0 Å². The molecule has 3 N–H and O–H groups in total. The van der Waals surface area contributed by atoms with Crippen molar-refractivity contribution in [2.75, 3.05) is 0 Å². The van der Waals surface area contributed by atoms with Gasteiger partial charge in [0, 0.05) is 11.1 Å². The first-order valence-electron chi connectivity index (χ1n) is 6.84. The zero-order valence-corrected chi connectivity index (χ0v) is 12.0. The summed E-state index contributed by atoms with van der Waals surface area (Å²) < 4.78 is 0. The maximum atomic E-state index is 6.21. The number of hydrazine groups is 1. The molecule has 0 saturated heterocycles. The van der Waals surface area contributed by atoms with Gasteiger partial charge in [-0.25, -0.2) is 0 Å². The van der Waals surface area contributed by atoms with Crippen LogP contribution in [0.3, 0.4) is 0 Å². The Morgan fingerprint density at radius 1 is 1.28 bits per heavy atom. The lowest BCUT2D eigenvalue weighted by molar-refractivity contribution is 0.232. The summed E-state index contributed by atoms with van der Waals surface area (Å²) in [6, 6.07) is 6.51. The molecule has 18 heavy (non-hydrogen) atoms. The van der Waals surface area contributed by atoms with Crippen LogP contribution >= 0.6 is 11.6 Å². The first-order chi connectivity index (χ1) is 8.61.